The van der Waals surface area contributed by atoms with Gasteiger partial charge < -0.3 is 5.11 Å². The van der Waals surface area contributed by atoms with Gasteiger partial charge in [-0.3, -0.25) is 0 Å². The van der Waals surface area contributed by atoms with Crippen LogP contribution in [-0.4, -0.2) is 5.11 Å². The highest BCUT2D eigenvalue weighted by atomic mass is 16.3. The zero-order chi connectivity index (χ0) is 10.7. The molecule has 0 radical (unpaired) electrons. The predicted octanol–water partition coefficient (Wildman–Crippen LogP) is 3.32. The average molecular weight is 192 g/mol. The fourth-order valence-corrected chi connectivity index (χ4v) is 1.52. The van der Waals surface area contributed by atoms with E-state index in [-0.39, 0.29) is 6.10 Å². The number of aryl methyl sites for hydroxylation is 1. The van der Waals surface area contributed by atoms with E-state index in [1.807, 2.05) is 12.1 Å². The van der Waals surface area contributed by atoms with E-state index >= 15 is 0 Å². The molecule has 1 aromatic carbocycles. The maximum Gasteiger partial charge on any atom is 0.0818 e. The van der Waals surface area contributed by atoms with E-state index in [1.165, 1.54) is 5.56 Å². The molecule has 1 rings (SSSR count). The molecule has 0 fully saturated rings. The van der Waals surface area contributed by atoms with Crippen LogP contribution in [0, 0.1) is 18.8 Å². The molecule has 0 heterocycles. The Bertz CT molecular complexity index is 291. The third-order valence-electron chi connectivity index (χ3n) is 2.93. The molecule has 1 heteroatoms. The van der Waals surface area contributed by atoms with Crippen LogP contribution in [0.2, 0.25) is 0 Å². The molecule has 0 aromatic heterocycles. The zero-order valence-electron chi connectivity index (χ0n) is 9.49. The topological polar surface area (TPSA) is 20.2 Å². The Labute approximate surface area is 86.8 Å². The van der Waals surface area contributed by atoms with Gasteiger partial charge in [0.05, 0.1) is 6.10 Å². The van der Waals surface area contributed by atoms with Crippen molar-refractivity contribution in [3.8, 4) is 0 Å². The second kappa shape index (κ2) is 4.61. The summed E-state index contributed by atoms with van der Waals surface area (Å²) in [7, 11) is 0. The largest absolute Gasteiger partial charge is 0.388 e. The molecule has 0 spiro atoms. The molecule has 1 N–H and O–H groups in total. The first kappa shape index (κ1) is 11.3. The Morgan fingerprint density at radius 3 is 2.29 bits per heavy atom. The van der Waals surface area contributed by atoms with Crippen molar-refractivity contribution >= 4 is 0 Å². The summed E-state index contributed by atoms with van der Waals surface area (Å²) >= 11 is 0. The van der Waals surface area contributed by atoms with Crippen LogP contribution in [0.3, 0.4) is 0 Å². The molecule has 0 aliphatic carbocycles. The summed E-state index contributed by atoms with van der Waals surface area (Å²) in [4.78, 5) is 0. The van der Waals surface area contributed by atoms with Gasteiger partial charge in [-0.2, -0.15) is 0 Å². The molecular weight excluding hydrogens is 172 g/mol. The summed E-state index contributed by atoms with van der Waals surface area (Å²) in [6, 6.07) is 8.11. The molecule has 2 unspecified atom stereocenters. The molecule has 78 valence electrons. The maximum absolute atomic E-state index is 10.1. The number of hydrogen-bond acceptors (Lipinski definition) is 1. The Kier molecular flexibility index (Phi) is 3.70. The van der Waals surface area contributed by atoms with E-state index in [4.69, 9.17) is 0 Å². The number of benzene rings is 1. The van der Waals surface area contributed by atoms with Crippen LogP contribution in [0.1, 0.15) is 38.0 Å². The lowest BCUT2D eigenvalue weighted by molar-refractivity contribution is 0.0921. The zero-order valence-corrected chi connectivity index (χ0v) is 9.49. The SMILES string of the molecule is Cc1cccc(C(O)C(C)C(C)C)c1. The van der Waals surface area contributed by atoms with Gasteiger partial charge in [0.15, 0.2) is 0 Å². The first-order chi connectivity index (χ1) is 6.52. The second-order valence-corrected chi connectivity index (χ2v) is 4.46. The Morgan fingerprint density at radius 1 is 1.14 bits per heavy atom. The van der Waals surface area contributed by atoms with Crippen LogP contribution in [0.4, 0.5) is 0 Å². The predicted molar refractivity (Wildman–Crippen MR) is 60.1 cm³/mol. The molecule has 1 aromatic rings. The van der Waals surface area contributed by atoms with E-state index in [9.17, 15) is 5.11 Å². The van der Waals surface area contributed by atoms with Crippen molar-refractivity contribution in [3.63, 3.8) is 0 Å². The van der Waals surface area contributed by atoms with Gasteiger partial charge in [-0.1, -0.05) is 50.6 Å². The normalized spacial score (nSPS) is 15.6. The maximum atomic E-state index is 10.1. The standard InChI is InChI=1S/C13H20O/c1-9(2)11(4)13(14)12-7-5-6-10(3)8-12/h5-9,11,13-14H,1-4H3. The quantitative estimate of drug-likeness (QED) is 0.779. The van der Waals surface area contributed by atoms with E-state index < -0.39 is 0 Å². The average Bonchev–Trinajstić information content (AvgIpc) is 2.15. The molecule has 0 saturated carbocycles. The lowest BCUT2D eigenvalue weighted by atomic mass is 9.88. The number of hydrogen-bond donors (Lipinski definition) is 1. The van der Waals surface area contributed by atoms with Crippen LogP contribution in [-0.2, 0) is 0 Å². The minimum absolute atomic E-state index is 0.303. The summed E-state index contributed by atoms with van der Waals surface area (Å²) < 4.78 is 0. The van der Waals surface area contributed by atoms with Gasteiger partial charge in [-0.05, 0) is 24.3 Å². The summed E-state index contributed by atoms with van der Waals surface area (Å²) in [5, 5.41) is 10.1. The summed E-state index contributed by atoms with van der Waals surface area (Å²) in [6.07, 6.45) is -0.338. The van der Waals surface area contributed by atoms with Crippen LogP contribution in [0.5, 0.6) is 0 Å². The first-order valence-electron chi connectivity index (χ1n) is 5.27. The van der Waals surface area contributed by atoms with Crippen molar-refractivity contribution in [1.82, 2.24) is 0 Å². The van der Waals surface area contributed by atoms with Crippen molar-refractivity contribution < 1.29 is 5.11 Å². The molecule has 0 amide bonds. The Balaban J connectivity index is 2.83. The van der Waals surface area contributed by atoms with Crippen LogP contribution >= 0.6 is 0 Å². The van der Waals surface area contributed by atoms with Crippen molar-refractivity contribution in [1.29, 1.82) is 0 Å². The molecule has 1 nitrogen and oxygen atoms in total. The number of aliphatic hydroxyl groups excluding tert-OH is 1. The number of rotatable bonds is 3. The fraction of sp³-hybridized carbons (Fsp3) is 0.538. The Morgan fingerprint density at radius 2 is 1.79 bits per heavy atom. The van der Waals surface area contributed by atoms with Crippen LogP contribution < -0.4 is 0 Å². The Hall–Kier alpha value is -0.820. The third-order valence-corrected chi connectivity index (χ3v) is 2.93. The van der Waals surface area contributed by atoms with Gasteiger partial charge in [0.25, 0.3) is 0 Å². The first-order valence-corrected chi connectivity index (χ1v) is 5.27. The molecule has 0 aliphatic rings. The van der Waals surface area contributed by atoms with Crippen LogP contribution in [0.15, 0.2) is 24.3 Å². The van der Waals surface area contributed by atoms with Gasteiger partial charge in [0.2, 0.25) is 0 Å². The van der Waals surface area contributed by atoms with Crippen molar-refractivity contribution in [2.24, 2.45) is 11.8 Å². The van der Waals surface area contributed by atoms with Crippen molar-refractivity contribution in [2.45, 2.75) is 33.8 Å². The van der Waals surface area contributed by atoms with Gasteiger partial charge in [0.1, 0.15) is 0 Å². The van der Waals surface area contributed by atoms with Crippen LogP contribution in [0.25, 0.3) is 0 Å². The van der Waals surface area contributed by atoms with Gasteiger partial charge in [0, 0.05) is 0 Å². The second-order valence-electron chi connectivity index (χ2n) is 4.46. The smallest absolute Gasteiger partial charge is 0.0818 e. The van der Waals surface area contributed by atoms with Gasteiger partial charge >= 0.3 is 0 Å². The highest BCUT2D eigenvalue weighted by molar-refractivity contribution is 5.24. The third kappa shape index (κ3) is 2.58. The molecule has 0 saturated heterocycles. The minimum Gasteiger partial charge on any atom is -0.388 e. The van der Waals surface area contributed by atoms with Crippen molar-refractivity contribution in [2.75, 3.05) is 0 Å². The summed E-state index contributed by atoms with van der Waals surface area (Å²) in [5.74, 6) is 0.808. The highest BCUT2D eigenvalue weighted by Gasteiger charge is 2.18. The molecule has 0 bridgehead atoms. The van der Waals surface area contributed by atoms with E-state index in [0.29, 0.717) is 11.8 Å². The van der Waals surface area contributed by atoms with Crippen molar-refractivity contribution in [3.05, 3.63) is 35.4 Å². The van der Waals surface area contributed by atoms with Gasteiger partial charge in [-0.15, -0.1) is 0 Å². The molecule has 2 atom stereocenters. The molecule has 0 aliphatic heterocycles. The fourth-order valence-electron chi connectivity index (χ4n) is 1.52. The van der Waals surface area contributed by atoms with E-state index in [2.05, 4.69) is 39.8 Å². The number of aliphatic hydroxyl groups is 1. The molecule has 14 heavy (non-hydrogen) atoms. The van der Waals surface area contributed by atoms with E-state index in [1.54, 1.807) is 0 Å². The minimum atomic E-state index is -0.338. The highest BCUT2D eigenvalue weighted by Crippen LogP contribution is 2.27. The monoisotopic (exact) mass is 192 g/mol. The molecular formula is C13H20O. The lowest BCUT2D eigenvalue weighted by Crippen LogP contribution is -2.14. The lowest BCUT2D eigenvalue weighted by Gasteiger charge is -2.22. The van der Waals surface area contributed by atoms with E-state index in [0.717, 1.165) is 5.56 Å². The van der Waals surface area contributed by atoms with Gasteiger partial charge in [-0.25, -0.2) is 0 Å². The summed E-state index contributed by atoms with van der Waals surface area (Å²) in [5.41, 5.74) is 2.24. The summed E-state index contributed by atoms with van der Waals surface area (Å²) in [6.45, 7) is 8.43.